The highest BCUT2D eigenvalue weighted by molar-refractivity contribution is 6.07. The molecule has 1 heterocycles. The first-order valence-corrected chi connectivity index (χ1v) is 9.16. The van der Waals surface area contributed by atoms with E-state index in [2.05, 4.69) is 20.5 Å². The van der Waals surface area contributed by atoms with Gasteiger partial charge in [-0.15, -0.1) is 0 Å². The van der Waals surface area contributed by atoms with Crippen LogP contribution in [0, 0.1) is 17.0 Å². The molecule has 30 heavy (non-hydrogen) atoms. The number of amides is 1. The second kappa shape index (κ2) is 7.96. The third-order valence-corrected chi connectivity index (χ3v) is 4.60. The maximum atomic E-state index is 12.6. The Kier molecular flexibility index (Phi) is 5.04. The number of para-hydroxylation sites is 1. The third-order valence-electron chi connectivity index (χ3n) is 4.60. The number of benzene rings is 3. The van der Waals surface area contributed by atoms with Gasteiger partial charge >= 0.3 is 0 Å². The summed E-state index contributed by atoms with van der Waals surface area (Å²) in [7, 11) is 0. The predicted octanol–water partition coefficient (Wildman–Crippen LogP) is 4.61. The van der Waals surface area contributed by atoms with Crippen molar-refractivity contribution in [2.45, 2.75) is 6.92 Å². The molecule has 0 aliphatic carbocycles. The highest BCUT2D eigenvalue weighted by Gasteiger charge is 2.22. The number of aryl methyl sites for hydroxylation is 1. The number of nitrogens with zero attached hydrogens (tertiary/aromatic N) is 3. The summed E-state index contributed by atoms with van der Waals surface area (Å²) in [5.41, 5.74) is 2.48. The van der Waals surface area contributed by atoms with E-state index in [0.717, 1.165) is 11.1 Å². The van der Waals surface area contributed by atoms with Gasteiger partial charge in [0.15, 0.2) is 11.6 Å². The van der Waals surface area contributed by atoms with Gasteiger partial charge in [0, 0.05) is 22.4 Å². The zero-order valence-corrected chi connectivity index (χ0v) is 16.0. The quantitative estimate of drug-likeness (QED) is 0.376. The minimum absolute atomic E-state index is 0.0202. The number of anilines is 1. The molecule has 148 valence electrons. The minimum atomic E-state index is -0.540. The van der Waals surface area contributed by atoms with E-state index in [0.29, 0.717) is 22.9 Å². The second-order valence-corrected chi connectivity index (χ2v) is 6.63. The van der Waals surface area contributed by atoms with Gasteiger partial charge in [-0.1, -0.05) is 42.5 Å². The number of H-pyrrole nitrogens is 1. The number of nitro benzene ring substituents is 1. The van der Waals surface area contributed by atoms with Crippen LogP contribution in [0.4, 0.5) is 11.4 Å². The molecule has 0 bridgehead atoms. The van der Waals surface area contributed by atoms with Crippen molar-refractivity contribution in [1.82, 2.24) is 15.2 Å². The summed E-state index contributed by atoms with van der Waals surface area (Å²) in [6.45, 7) is 1.60. The number of carbonyl (C=O) groups excluding carboxylic acids is 1. The van der Waals surface area contributed by atoms with Crippen molar-refractivity contribution >= 4 is 17.3 Å². The number of aromatic amines is 1. The number of carbonyl (C=O) groups is 1. The molecule has 8 nitrogen and oxygen atoms in total. The van der Waals surface area contributed by atoms with Crippen LogP contribution < -0.4 is 5.32 Å². The molecule has 2 N–H and O–H groups in total. The average Bonchev–Trinajstić information content (AvgIpc) is 3.25. The number of aromatic nitrogens is 3. The molecule has 0 spiro atoms. The molecule has 0 aliphatic rings. The smallest absolute Gasteiger partial charge is 0.285 e. The predicted molar refractivity (Wildman–Crippen MR) is 113 cm³/mol. The average molecular weight is 399 g/mol. The standard InChI is InChI=1S/C22H17N5O3/c1-14-6-5-9-18(19(14)27(29)30)22(28)23-17-12-10-16(11-13-17)21-24-20(25-26-21)15-7-3-2-4-8-15/h2-13H,1H3,(H,23,28)(H,24,25,26). The van der Waals surface area contributed by atoms with E-state index in [1.807, 2.05) is 30.3 Å². The van der Waals surface area contributed by atoms with E-state index in [4.69, 9.17) is 0 Å². The highest BCUT2D eigenvalue weighted by atomic mass is 16.6. The maximum Gasteiger partial charge on any atom is 0.285 e. The number of hydrogen-bond donors (Lipinski definition) is 2. The van der Waals surface area contributed by atoms with Gasteiger partial charge in [0.1, 0.15) is 5.56 Å². The Balaban J connectivity index is 1.53. The highest BCUT2D eigenvalue weighted by Crippen LogP contribution is 2.25. The molecule has 3 aromatic carbocycles. The Morgan fingerprint density at radius 3 is 2.40 bits per heavy atom. The molecule has 0 aliphatic heterocycles. The summed E-state index contributed by atoms with van der Waals surface area (Å²) in [6, 6.07) is 21.3. The van der Waals surface area contributed by atoms with Gasteiger partial charge in [0.2, 0.25) is 0 Å². The Morgan fingerprint density at radius 1 is 0.967 bits per heavy atom. The molecule has 4 rings (SSSR count). The van der Waals surface area contributed by atoms with E-state index in [9.17, 15) is 14.9 Å². The fourth-order valence-electron chi connectivity index (χ4n) is 3.10. The molecular weight excluding hydrogens is 382 g/mol. The van der Waals surface area contributed by atoms with Gasteiger partial charge < -0.3 is 5.32 Å². The van der Waals surface area contributed by atoms with Gasteiger partial charge in [-0.25, -0.2) is 4.98 Å². The van der Waals surface area contributed by atoms with E-state index < -0.39 is 10.8 Å². The van der Waals surface area contributed by atoms with Gasteiger partial charge in [-0.3, -0.25) is 20.0 Å². The lowest BCUT2D eigenvalue weighted by Crippen LogP contribution is -2.14. The molecule has 1 aromatic heterocycles. The summed E-state index contributed by atoms with van der Waals surface area (Å²) in [4.78, 5) is 27.8. The van der Waals surface area contributed by atoms with E-state index in [-0.39, 0.29) is 11.3 Å². The van der Waals surface area contributed by atoms with E-state index in [1.165, 1.54) is 6.07 Å². The third kappa shape index (κ3) is 3.79. The van der Waals surface area contributed by atoms with Crippen LogP contribution in [0.5, 0.6) is 0 Å². The lowest BCUT2D eigenvalue weighted by molar-refractivity contribution is -0.385. The lowest BCUT2D eigenvalue weighted by Gasteiger charge is -2.07. The zero-order valence-electron chi connectivity index (χ0n) is 16.0. The van der Waals surface area contributed by atoms with E-state index >= 15 is 0 Å². The molecule has 4 aromatic rings. The van der Waals surface area contributed by atoms with Crippen LogP contribution in [0.3, 0.4) is 0 Å². The van der Waals surface area contributed by atoms with Gasteiger partial charge in [0.05, 0.1) is 4.92 Å². The topological polar surface area (TPSA) is 114 Å². The second-order valence-electron chi connectivity index (χ2n) is 6.63. The van der Waals surface area contributed by atoms with Crippen LogP contribution in [0.2, 0.25) is 0 Å². The van der Waals surface area contributed by atoms with E-state index in [1.54, 1.807) is 43.3 Å². The van der Waals surface area contributed by atoms with Crippen LogP contribution in [-0.2, 0) is 0 Å². The summed E-state index contributed by atoms with van der Waals surface area (Å²) in [6.07, 6.45) is 0. The van der Waals surface area contributed by atoms with Crippen molar-refractivity contribution in [3.63, 3.8) is 0 Å². The normalized spacial score (nSPS) is 10.6. The van der Waals surface area contributed by atoms with Crippen molar-refractivity contribution in [1.29, 1.82) is 0 Å². The Hall–Kier alpha value is -4.33. The number of nitrogens with one attached hydrogen (secondary N) is 2. The molecular formula is C22H17N5O3. The fourth-order valence-corrected chi connectivity index (χ4v) is 3.10. The molecule has 0 saturated heterocycles. The van der Waals surface area contributed by atoms with Crippen molar-refractivity contribution in [3.05, 3.63) is 94.0 Å². The first-order chi connectivity index (χ1) is 14.5. The Labute approximate surface area is 171 Å². The molecule has 1 amide bonds. The molecule has 0 atom stereocenters. The first kappa shape index (κ1) is 19.0. The van der Waals surface area contributed by atoms with Crippen molar-refractivity contribution in [2.75, 3.05) is 5.32 Å². The van der Waals surface area contributed by atoms with Crippen LogP contribution >= 0.6 is 0 Å². The number of rotatable bonds is 5. The largest absolute Gasteiger partial charge is 0.322 e. The van der Waals surface area contributed by atoms with Crippen LogP contribution in [0.25, 0.3) is 22.8 Å². The monoisotopic (exact) mass is 399 g/mol. The van der Waals surface area contributed by atoms with Crippen molar-refractivity contribution in [3.8, 4) is 22.8 Å². The number of hydrogen-bond acceptors (Lipinski definition) is 5. The van der Waals surface area contributed by atoms with Crippen LogP contribution in [-0.4, -0.2) is 26.0 Å². The fraction of sp³-hybridized carbons (Fsp3) is 0.0455. The lowest BCUT2D eigenvalue weighted by atomic mass is 10.1. The number of nitro groups is 1. The Bertz CT molecular complexity index is 1220. The first-order valence-electron chi connectivity index (χ1n) is 9.16. The molecule has 0 radical (unpaired) electrons. The molecule has 0 unspecified atom stereocenters. The minimum Gasteiger partial charge on any atom is -0.322 e. The van der Waals surface area contributed by atoms with Crippen molar-refractivity contribution < 1.29 is 9.72 Å². The summed E-state index contributed by atoms with van der Waals surface area (Å²) in [5.74, 6) is 0.653. The van der Waals surface area contributed by atoms with Crippen molar-refractivity contribution in [2.24, 2.45) is 0 Å². The molecule has 8 heteroatoms. The van der Waals surface area contributed by atoms with Gasteiger partial charge in [0.25, 0.3) is 11.6 Å². The summed E-state index contributed by atoms with van der Waals surface area (Å²) in [5, 5.41) is 21.2. The Morgan fingerprint density at radius 2 is 1.70 bits per heavy atom. The van der Waals surface area contributed by atoms with Gasteiger partial charge in [-0.05, 0) is 37.3 Å². The summed E-state index contributed by atoms with van der Waals surface area (Å²) < 4.78 is 0. The maximum absolute atomic E-state index is 12.6. The van der Waals surface area contributed by atoms with Crippen LogP contribution in [0.1, 0.15) is 15.9 Å². The van der Waals surface area contributed by atoms with Crippen LogP contribution in [0.15, 0.2) is 72.8 Å². The molecule has 0 fully saturated rings. The van der Waals surface area contributed by atoms with Gasteiger partial charge in [-0.2, -0.15) is 5.10 Å². The SMILES string of the molecule is Cc1cccc(C(=O)Nc2ccc(-c3nc(-c4ccccc4)n[nH]3)cc2)c1[N+](=O)[O-]. The summed E-state index contributed by atoms with van der Waals surface area (Å²) >= 11 is 0. The zero-order chi connectivity index (χ0) is 21.1. The molecule has 0 saturated carbocycles.